The number of aliphatic hydroxyl groups is 2. The van der Waals surface area contributed by atoms with Crippen molar-refractivity contribution in [1.82, 2.24) is 0 Å². The van der Waals surface area contributed by atoms with Gasteiger partial charge in [0.1, 0.15) is 6.10 Å². The van der Waals surface area contributed by atoms with Gasteiger partial charge in [0.2, 0.25) is 0 Å². The zero-order valence-electron chi connectivity index (χ0n) is 8.79. The number of carboxylic acids is 1. The first-order valence-corrected chi connectivity index (χ1v) is 5.33. The van der Waals surface area contributed by atoms with Gasteiger partial charge in [0.25, 0.3) is 0 Å². The van der Waals surface area contributed by atoms with E-state index in [1.807, 2.05) is 0 Å². The van der Waals surface area contributed by atoms with E-state index in [1.54, 1.807) is 0 Å². The van der Waals surface area contributed by atoms with Crippen LogP contribution in [0.2, 0.25) is 0 Å². The standard InChI is InChI=1S/C10H11BrO6/c1-17-6-3-4(2-5(11)8(6)13)7(12)9(14)10(15)16/h2-3,7,9,12-14H,1H3,(H,15,16). The molecule has 0 saturated heterocycles. The predicted octanol–water partition coefficient (Wildman–Crippen LogP) is 0.642. The number of aliphatic hydroxyl groups excluding tert-OH is 2. The molecule has 2 atom stereocenters. The molecule has 0 spiro atoms. The van der Waals surface area contributed by atoms with Crippen LogP contribution >= 0.6 is 15.9 Å². The molecule has 0 aliphatic heterocycles. The molecule has 0 aliphatic carbocycles. The molecular weight excluding hydrogens is 296 g/mol. The molecule has 0 fully saturated rings. The Balaban J connectivity index is 3.15. The van der Waals surface area contributed by atoms with Crippen molar-refractivity contribution >= 4 is 21.9 Å². The van der Waals surface area contributed by atoms with E-state index >= 15 is 0 Å². The number of phenols is 1. The fraction of sp³-hybridized carbons (Fsp3) is 0.300. The summed E-state index contributed by atoms with van der Waals surface area (Å²) in [6.07, 6.45) is -3.56. The molecule has 0 radical (unpaired) electrons. The summed E-state index contributed by atoms with van der Waals surface area (Å²) < 4.78 is 5.06. The minimum Gasteiger partial charge on any atom is -0.503 e. The van der Waals surface area contributed by atoms with E-state index in [-0.39, 0.29) is 21.5 Å². The van der Waals surface area contributed by atoms with Crippen molar-refractivity contribution in [2.75, 3.05) is 7.11 Å². The van der Waals surface area contributed by atoms with Crippen molar-refractivity contribution in [2.45, 2.75) is 12.2 Å². The topological polar surface area (TPSA) is 107 Å². The Morgan fingerprint density at radius 2 is 2.00 bits per heavy atom. The van der Waals surface area contributed by atoms with E-state index in [9.17, 15) is 20.1 Å². The third-order valence-electron chi connectivity index (χ3n) is 2.16. The summed E-state index contributed by atoms with van der Waals surface area (Å²) in [5.74, 6) is -1.65. The zero-order chi connectivity index (χ0) is 13.2. The molecule has 4 N–H and O–H groups in total. The van der Waals surface area contributed by atoms with E-state index in [2.05, 4.69) is 15.9 Å². The predicted molar refractivity (Wildman–Crippen MR) is 61.0 cm³/mol. The second-order valence-corrected chi connectivity index (χ2v) is 4.14. The molecule has 0 amide bonds. The molecule has 1 rings (SSSR count). The number of methoxy groups -OCH3 is 1. The number of hydrogen-bond donors (Lipinski definition) is 4. The highest BCUT2D eigenvalue weighted by Crippen LogP contribution is 2.37. The number of aromatic hydroxyl groups is 1. The van der Waals surface area contributed by atoms with Gasteiger partial charge in [-0.1, -0.05) is 0 Å². The van der Waals surface area contributed by atoms with Gasteiger partial charge in [0, 0.05) is 0 Å². The lowest BCUT2D eigenvalue weighted by Crippen LogP contribution is -2.27. The van der Waals surface area contributed by atoms with E-state index in [0.29, 0.717) is 0 Å². The molecule has 0 saturated carbocycles. The molecule has 94 valence electrons. The van der Waals surface area contributed by atoms with Crippen LogP contribution in [0, 0.1) is 0 Å². The first kappa shape index (κ1) is 13.8. The summed E-state index contributed by atoms with van der Waals surface area (Å²) >= 11 is 3.02. The maximum Gasteiger partial charge on any atom is 0.335 e. The van der Waals surface area contributed by atoms with Crippen molar-refractivity contribution in [3.8, 4) is 11.5 Å². The lowest BCUT2D eigenvalue weighted by Gasteiger charge is -2.16. The number of hydrogen-bond acceptors (Lipinski definition) is 5. The molecule has 0 bridgehead atoms. The first-order valence-electron chi connectivity index (χ1n) is 4.53. The van der Waals surface area contributed by atoms with Gasteiger partial charge in [-0.25, -0.2) is 4.79 Å². The highest BCUT2D eigenvalue weighted by Gasteiger charge is 2.26. The molecule has 0 aliphatic rings. The third-order valence-corrected chi connectivity index (χ3v) is 2.77. The zero-order valence-corrected chi connectivity index (χ0v) is 10.4. The largest absolute Gasteiger partial charge is 0.503 e. The number of benzene rings is 1. The number of aliphatic carboxylic acids is 1. The van der Waals surface area contributed by atoms with Crippen LogP contribution in [0.4, 0.5) is 0 Å². The van der Waals surface area contributed by atoms with Gasteiger partial charge in [0.15, 0.2) is 17.6 Å². The lowest BCUT2D eigenvalue weighted by molar-refractivity contribution is -0.153. The van der Waals surface area contributed by atoms with Gasteiger partial charge in [0.05, 0.1) is 11.6 Å². The number of halogens is 1. The molecule has 17 heavy (non-hydrogen) atoms. The van der Waals surface area contributed by atoms with E-state index in [4.69, 9.17) is 9.84 Å². The number of rotatable bonds is 4. The van der Waals surface area contributed by atoms with Crippen LogP contribution < -0.4 is 4.74 Å². The Labute approximate surface area is 105 Å². The van der Waals surface area contributed by atoms with Crippen molar-refractivity contribution in [3.05, 3.63) is 22.2 Å². The quantitative estimate of drug-likeness (QED) is 0.650. The highest BCUT2D eigenvalue weighted by atomic mass is 79.9. The molecule has 2 unspecified atom stereocenters. The minimum absolute atomic E-state index is 0.0611. The Hall–Kier alpha value is -1.31. The summed E-state index contributed by atoms with van der Waals surface area (Å²) in [6, 6.07) is 2.55. The Kier molecular flexibility index (Phi) is 4.33. The maximum absolute atomic E-state index is 10.5. The van der Waals surface area contributed by atoms with Gasteiger partial charge in [-0.15, -0.1) is 0 Å². The Bertz CT molecular complexity index is 433. The summed E-state index contributed by atoms with van der Waals surface area (Å²) in [5, 5.41) is 36.9. The average molecular weight is 307 g/mol. The number of phenolic OH excluding ortho intramolecular Hbond substituents is 1. The molecule has 6 nitrogen and oxygen atoms in total. The molecule has 7 heteroatoms. The second-order valence-electron chi connectivity index (χ2n) is 3.28. The molecular formula is C10H11BrO6. The first-order chi connectivity index (χ1) is 7.88. The molecule has 0 heterocycles. The Morgan fingerprint density at radius 3 is 2.47 bits per heavy atom. The van der Waals surface area contributed by atoms with E-state index in [0.717, 1.165) is 0 Å². The number of carboxylic acid groups (broad SMARTS) is 1. The maximum atomic E-state index is 10.5. The second kappa shape index (κ2) is 5.35. The summed E-state index contributed by atoms with van der Waals surface area (Å²) in [5.41, 5.74) is 0.112. The van der Waals surface area contributed by atoms with Crippen LogP contribution in [0.3, 0.4) is 0 Å². The summed E-state index contributed by atoms with van der Waals surface area (Å²) in [4.78, 5) is 10.5. The van der Waals surface area contributed by atoms with Crippen LogP contribution in [-0.2, 0) is 4.79 Å². The van der Waals surface area contributed by atoms with Crippen LogP contribution in [0.15, 0.2) is 16.6 Å². The van der Waals surface area contributed by atoms with Crippen molar-refractivity contribution in [3.63, 3.8) is 0 Å². The van der Waals surface area contributed by atoms with Crippen LogP contribution in [0.25, 0.3) is 0 Å². The molecule has 1 aromatic carbocycles. The van der Waals surface area contributed by atoms with Gasteiger partial charge < -0.3 is 25.2 Å². The fourth-order valence-electron chi connectivity index (χ4n) is 1.24. The van der Waals surface area contributed by atoms with E-state index in [1.165, 1.54) is 19.2 Å². The minimum atomic E-state index is -1.95. The van der Waals surface area contributed by atoms with Gasteiger partial charge in [-0.05, 0) is 33.6 Å². The lowest BCUT2D eigenvalue weighted by atomic mass is 10.0. The fourth-order valence-corrected chi connectivity index (χ4v) is 1.70. The van der Waals surface area contributed by atoms with Crippen molar-refractivity contribution < 1.29 is 30.0 Å². The molecule has 1 aromatic rings. The summed E-state index contributed by atoms with van der Waals surface area (Å²) in [7, 11) is 1.31. The van der Waals surface area contributed by atoms with Crippen molar-refractivity contribution in [1.29, 1.82) is 0 Å². The van der Waals surface area contributed by atoms with Gasteiger partial charge in [-0.3, -0.25) is 0 Å². The van der Waals surface area contributed by atoms with Crippen molar-refractivity contribution in [2.24, 2.45) is 0 Å². The third kappa shape index (κ3) is 2.87. The molecule has 0 aromatic heterocycles. The highest BCUT2D eigenvalue weighted by molar-refractivity contribution is 9.10. The smallest absolute Gasteiger partial charge is 0.335 e. The van der Waals surface area contributed by atoms with Crippen LogP contribution in [0.1, 0.15) is 11.7 Å². The van der Waals surface area contributed by atoms with Crippen LogP contribution in [-0.4, -0.2) is 39.6 Å². The van der Waals surface area contributed by atoms with E-state index < -0.39 is 18.2 Å². The van der Waals surface area contributed by atoms with Gasteiger partial charge >= 0.3 is 5.97 Å². The number of carbonyl (C=O) groups is 1. The normalized spacial score (nSPS) is 14.1. The SMILES string of the molecule is COc1cc(C(O)C(O)C(=O)O)cc(Br)c1O. The van der Waals surface area contributed by atoms with Gasteiger partial charge in [-0.2, -0.15) is 0 Å². The Morgan fingerprint density at radius 1 is 1.41 bits per heavy atom. The van der Waals surface area contributed by atoms with Crippen LogP contribution in [0.5, 0.6) is 11.5 Å². The number of ether oxygens (including phenoxy) is 1. The monoisotopic (exact) mass is 306 g/mol. The average Bonchev–Trinajstić information content (AvgIpc) is 2.30. The summed E-state index contributed by atoms with van der Waals surface area (Å²) in [6.45, 7) is 0.